The number of hydrogen-bond donors (Lipinski definition) is 0. The molecule has 0 unspecified atom stereocenters. The summed E-state index contributed by atoms with van der Waals surface area (Å²) in [6.45, 7) is 8.60. The van der Waals surface area contributed by atoms with Crippen molar-refractivity contribution in [2.75, 3.05) is 39.4 Å². The molecule has 3 heterocycles. The van der Waals surface area contributed by atoms with Crippen LogP contribution >= 0.6 is 0 Å². The van der Waals surface area contributed by atoms with Crippen LogP contribution in [0, 0.1) is 20.8 Å². The van der Waals surface area contributed by atoms with Gasteiger partial charge in [0.15, 0.2) is 11.3 Å². The van der Waals surface area contributed by atoms with Crippen LogP contribution in [-0.4, -0.2) is 62.9 Å². The number of aryl methyl sites for hydroxylation is 2. The van der Waals surface area contributed by atoms with Crippen molar-refractivity contribution in [2.24, 2.45) is 0 Å². The van der Waals surface area contributed by atoms with Gasteiger partial charge in [-0.15, -0.1) is 0 Å². The first-order chi connectivity index (χ1) is 13.8. The molecule has 2 fully saturated rings. The molecule has 1 amide bonds. The van der Waals surface area contributed by atoms with Crippen LogP contribution in [0.5, 0.6) is 0 Å². The molecule has 0 spiro atoms. The summed E-state index contributed by atoms with van der Waals surface area (Å²) < 4.78 is 39.9. The van der Waals surface area contributed by atoms with Crippen LogP contribution in [0.15, 0.2) is 15.4 Å². The number of morpholine rings is 1. The Kier molecular flexibility index (Phi) is 5.44. The van der Waals surface area contributed by atoms with Crippen LogP contribution in [0.1, 0.15) is 46.5 Å². The van der Waals surface area contributed by atoms with Gasteiger partial charge in [0.2, 0.25) is 10.0 Å². The molecule has 2 aromatic rings. The lowest BCUT2D eigenvalue weighted by atomic mass is 10.0. The van der Waals surface area contributed by atoms with Crippen LogP contribution < -0.4 is 0 Å². The minimum atomic E-state index is -3.70. The predicted octanol–water partition coefficient (Wildman–Crippen LogP) is 3.01. The standard InChI is InChI=1S/C21H28N2O5S/c1-14-13-17-16(3)18(21(24)22-9-11-27-12-10-22)28-19(17)20(15(14)2)29(25,26)23-7-5-4-6-8-23/h13H,4-12H2,1-3H3. The molecule has 0 aliphatic carbocycles. The number of hydrogen-bond acceptors (Lipinski definition) is 5. The molecular formula is C21H28N2O5S. The van der Waals surface area contributed by atoms with Gasteiger partial charge in [-0.2, -0.15) is 4.31 Å². The number of benzene rings is 1. The Balaban J connectivity index is 1.86. The van der Waals surface area contributed by atoms with E-state index in [2.05, 4.69) is 0 Å². The fourth-order valence-electron chi connectivity index (χ4n) is 4.20. The number of fused-ring (bicyclic) bond motifs is 1. The Morgan fingerprint density at radius 1 is 0.966 bits per heavy atom. The topological polar surface area (TPSA) is 80.1 Å². The predicted molar refractivity (Wildman–Crippen MR) is 110 cm³/mol. The van der Waals surface area contributed by atoms with Crippen molar-refractivity contribution in [3.63, 3.8) is 0 Å². The highest BCUT2D eigenvalue weighted by Gasteiger charge is 2.34. The van der Waals surface area contributed by atoms with Crippen molar-refractivity contribution in [3.8, 4) is 0 Å². The lowest BCUT2D eigenvalue weighted by Crippen LogP contribution is -2.40. The summed E-state index contributed by atoms with van der Waals surface area (Å²) in [6.07, 6.45) is 2.78. The number of ether oxygens (including phenoxy) is 1. The molecule has 29 heavy (non-hydrogen) atoms. The maximum atomic E-state index is 13.5. The number of amides is 1. The van der Waals surface area contributed by atoms with Gasteiger partial charge in [0, 0.05) is 37.1 Å². The van der Waals surface area contributed by atoms with E-state index in [1.165, 1.54) is 0 Å². The Bertz CT molecular complexity index is 1040. The Morgan fingerprint density at radius 3 is 2.28 bits per heavy atom. The maximum absolute atomic E-state index is 13.5. The fraction of sp³-hybridized carbons (Fsp3) is 0.571. The number of sulfonamides is 1. The number of nitrogens with zero attached hydrogens (tertiary/aromatic N) is 2. The molecule has 2 aliphatic heterocycles. The average molecular weight is 421 g/mol. The fourth-order valence-corrected chi connectivity index (χ4v) is 6.13. The van der Waals surface area contributed by atoms with E-state index in [1.807, 2.05) is 26.8 Å². The number of rotatable bonds is 3. The first-order valence-corrected chi connectivity index (χ1v) is 11.7. The Hall–Kier alpha value is -1.90. The largest absolute Gasteiger partial charge is 0.449 e. The van der Waals surface area contributed by atoms with Crippen molar-refractivity contribution < 1.29 is 22.4 Å². The monoisotopic (exact) mass is 420 g/mol. The molecule has 1 aromatic heterocycles. The smallest absolute Gasteiger partial charge is 0.290 e. The van der Waals surface area contributed by atoms with Gasteiger partial charge in [0.25, 0.3) is 5.91 Å². The summed E-state index contributed by atoms with van der Waals surface area (Å²) in [5.74, 6) is 0.0145. The molecule has 0 saturated carbocycles. The summed E-state index contributed by atoms with van der Waals surface area (Å²) in [7, 11) is -3.70. The van der Waals surface area contributed by atoms with Crippen LogP contribution in [-0.2, 0) is 14.8 Å². The molecule has 2 saturated heterocycles. The second-order valence-corrected chi connectivity index (χ2v) is 9.82. The first kappa shape index (κ1) is 20.4. The van der Waals surface area contributed by atoms with Crippen molar-refractivity contribution in [1.29, 1.82) is 0 Å². The van der Waals surface area contributed by atoms with Gasteiger partial charge in [0.05, 0.1) is 13.2 Å². The molecule has 0 N–H and O–H groups in total. The van der Waals surface area contributed by atoms with E-state index in [9.17, 15) is 13.2 Å². The molecule has 4 rings (SSSR count). The maximum Gasteiger partial charge on any atom is 0.290 e. The minimum absolute atomic E-state index is 0.207. The summed E-state index contributed by atoms with van der Waals surface area (Å²) >= 11 is 0. The normalized spacial score (nSPS) is 19.1. The van der Waals surface area contributed by atoms with Crippen molar-refractivity contribution in [1.82, 2.24) is 9.21 Å². The van der Waals surface area contributed by atoms with Crippen LogP contribution in [0.2, 0.25) is 0 Å². The Morgan fingerprint density at radius 2 is 1.62 bits per heavy atom. The van der Waals surface area contributed by atoms with E-state index in [1.54, 1.807) is 9.21 Å². The number of carbonyl (C=O) groups is 1. The van der Waals surface area contributed by atoms with Gasteiger partial charge < -0.3 is 14.1 Å². The van der Waals surface area contributed by atoms with E-state index in [0.717, 1.165) is 24.8 Å². The van der Waals surface area contributed by atoms with Crippen LogP contribution in [0.25, 0.3) is 11.0 Å². The highest BCUT2D eigenvalue weighted by atomic mass is 32.2. The molecular weight excluding hydrogens is 392 g/mol. The van der Waals surface area contributed by atoms with Gasteiger partial charge in [-0.3, -0.25) is 4.79 Å². The number of furan rings is 1. The molecule has 0 bridgehead atoms. The summed E-state index contributed by atoms with van der Waals surface area (Å²) in [5, 5.41) is 0.695. The molecule has 0 atom stereocenters. The van der Waals surface area contributed by atoms with Crippen molar-refractivity contribution >= 4 is 26.9 Å². The van der Waals surface area contributed by atoms with Gasteiger partial charge in [0.1, 0.15) is 4.90 Å². The zero-order chi connectivity index (χ0) is 20.8. The molecule has 2 aliphatic rings. The summed E-state index contributed by atoms with van der Waals surface area (Å²) in [5.41, 5.74) is 2.55. The highest BCUT2D eigenvalue weighted by Crippen LogP contribution is 2.37. The third-order valence-corrected chi connectivity index (χ3v) is 8.15. The second-order valence-electron chi connectivity index (χ2n) is 7.95. The quantitative estimate of drug-likeness (QED) is 0.763. The SMILES string of the molecule is Cc1cc2c(C)c(C(=O)N3CCOCC3)oc2c(S(=O)(=O)N2CCCCC2)c1C. The van der Waals surface area contributed by atoms with E-state index in [-0.39, 0.29) is 16.6 Å². The first-order valence-electron chi connectivity index (χ1n) is 10.2. The number of carbonyl (C=O) groups excluding carboxylic acids is 1. The lowest BCUT2D eigenvalue weighted by Gasteiger charge is -2.27. The Labute approximate surface area is 171 Å². The van der Waals surface area contributed by atoms with E-state index in [0.29, 0.717) is 61.5 Å². The van der Waals surface area contributed by atoms with Gasteiger partial charge >= 0.3 is 0 Å². The third kappa shape index (κ3) is 3.47. The molecule has 158 valence electrons. The van der Waals surface area contributed by atoms with Gasteiger partial charge in [-0.1, -0.05) is 6.42 Å². The molecule has 0 radical (unpaired) electrons. The lowest BCUT2D eigenvalue weighted by molar-refractivity contribution is 0.0283. The van der Waals surface area contributed by atoms with Crippen molar-refractivity contribution in [3.05, 3.63) is 28.5 Å². The van der Waals surface area contributed by atoms with Gasteiger partial charge in [-0.25, -0.2) is 8.42 Å². The van der Waals surface area contributed by atoms with Crippen molar-refractivity contribution in [2.45, 2.75) is 44.9 Å². The molecule has 8 heteroatoms. The number of piperidine rings is 1. The van der Waals surface area contributed by atoms with Crippen LogP contribution in [0.3, 0.4) is 0 Å². The molecule has 1 aromatic carbocycles. The second kappa shape index (κ2) is 7.74. The highest BCUT2D eigenvalue weighted by molar-refractivity contribution is 7.89. The van der Waals surface area contributed by atoms with E-state index >= 15 is 0 Å². The third-order valence-electron chi connectivity index (χ3n) is 6.10. The van der Waals surface area contributed by atoms with E-state index in [4.69, 9.17) is 9.15 Å². The zero-order valence-electron chi connectivity index (χ0n) is 17.3. The minimum Gasteiger partial charge on any atom is -0.449 e. The zero-order valence-corrected chi connectivity index (χ0v) is 18.1. The van der Waals surface area contributed by atoms with Crippen LogP contribution in [0.4, 0.5) is 0 Å². The molecule has 7 nitrogen and oxygen atoms in total. The van der Waals surface area contributed by atoms with Gasteiger partial charge in [-0.05, 0) is 50.8 Å². The average Bonchev–Trinajstić information content (AvgIpc) is 3.05. The summed E-state index contributed by atoms with van der Waals surface area (Å²) in [6, 6.07) is 1.93. The van der Waals surface area contributed by atoms with E-state index < -0.39 is 10.0 Å². The summed E-state index contributed by atoms with van der Waals surface area (Å²) in [4.78, 5) is 14.9.